The number of hydrogen-bond acceptors (Lipinski definition) is 4. The number of nitrogens with zero attached hydrogens (tertiary/aromatic N) is 3. The highest BCUT2D eigenvalue weighted by Crippen LogP contribution is 2.37. The first-order chi connectivity index (χ1) is 16.2. The minimum Gasteiger partial charge on any atom is -0.319 e. The van der Waals surface area contributed by atoms with Crippen LogP contribution in [0.25, 0.3) is 11.0 Å². The van der Waals surface area contributed by atoms with Gasteiger partial charge in [-0.15, -0.1) is 0 Å². The van der Waals surface area contributed by atoms with Crippen LogP contribution in [0.5, 0.6) is 0 Å². The van der Waals surface area contributed by atoms with Crippen LogP contribution in [0.2, 0.25) is 0 Å². The Labute approximate surface area is 197 Å². The van der Waals surface area contributed by atoms with Gasteiger partial charge in [-0.3, -0.25) is 0 Å². The third kappa shape index (κ3) is 4.09. The fourth-order valence-electron chi connectivity index (χ4n) is 4.08. The molecule has 2 fully saturated rings. The second-order valence-corrected chi connectivity index (χ2v) is 11.4. The molecule has 5 nitrogen and oxygen atoms in total. The lowest BCUT2D eigenvalue weighted by Gasteiger charge is -2.15. The zero-order valence-corrected chi connectivity index (χ0v) is 19.5. The molecule has 1 aromatic heterocycles. The van der Waals surface area contributed by atoms with E-state index in [1.807, 2.05) is 4.57 Å². The number of imidazole rings is 1. The summed E-state index contributed by atoms with van der Waals surface area (Å²) in [5.41, 5.74) is 0.108. The van der Waals surface area contributed by atoms with Crippen LogP contribution < -0.4 is 0 Å². The van der Waals surface area contributed by atoms with E-state index in [9.17, 15) is 30.4 Å². The van der Waals surface area contributed by atoms with Crippen LogP contribution >= 0.6 is 11.8 Å². The van der Waals surface area contributed by atoms with Gasteiger partial charge in [-0.05, 0) is 49.8 Å². The van der Waals surface area contributed by atoms with E-state index in [0.717, 1.165) is 37.4 Å². The Balaban J connectivity index is 1.51. The predicted octanol–water partition coefficient (Wildman–Crippen LogP) is 5.22. The average molecular weight is 518 g/mol. The zero-order chi connectivity index (χ0) is 24.2. The first kappa shape index (κ1) is 23.6. The highest BCUT2D eigenvalue weighted by molar-refractivity contribution is 7.98. The molecular formula is C22H20F5N3O2S2. The van der Waals surface area contributed by atoms with Crippen molar-refractivity contribution >= 4 is 32.8 Å². The Kier molecular flexibility index (Phi) is 6.09. The van der Waals surface area contributed by atoms with Crippen molar-refractivity contribution in [3.63, 3.8) is 0 Å². The Hall–Kier alpha value is -2.18. The Morgan fingerprint density at radius 3 is 2.18 bits per heavy atom. The van der Waals surface area contributed by atoms with Crippen LogP contribution in [0, 0.1) is 35.0 Å². The Morgan fingerprint density at radius 2 is 1.56 bits per heavy atom. The van der Waals surface area contributed by atoms with Crippen molar-refractivity contribution in [1.82, 2.24) is 13.9 Å². The maximum atomic E-state index is 14.1. The molecule has 0 bridgehead atoms. The van der Waals surface area contributed by atoms with Gasteiger partial charge in [-0.25, -0.2) is 35.4 Å². The second-order valence-electron chi connectivity index (χ2n) is 8.55. The molecule has 2 aromatic carbocycles. The van der Waals surface area contributed by atoms with Crippen molar-refractivity contribution in [2.24, 2.45) is 5.92 Å². The average Bonchev–Trinajstić information content (AvgIpc) is 3.32. The van der Waals surface area contributed by atoms with Crippen LogP contribution in [0.15, 0.2) is 28.3 Å². The second kappa shape index (κ2) is 8.80. The summed E-state index contributed by atoms with van der Waals surface area (Å²) in [6, 6.07) is 4.63. The van der Waals surface area contributed by atoms with Gasteiger partial charge in [0.2, 0.25) is 15.8 Å². The van der Waals surface area contributed by atoms with E-state index in [2.05, 4.69) is 4.98 Å². The highest BCUT2D eigenvalue weighted by atomic mass is 32.2. The minimum absolute atomic E-state index is 0.106. The molecule has 5 rings (SSSR count). The maximum Gasteiger partial charge on any atom is 0.243 e. The molecule has 0 N–H and O–H groups in total. The summed E-state index contributed by atoms with van der Waals surface area (Å²) in [6.45, 7) is 1.48. The van der Waals surface area contributed by atoms with Crippen LogP contribution in [0.3, 0.4) is 0 Å². The van der Waals surface area contributed by atoms with E-state index >= 15 is 0 Å². The van der Waals surface area contributed by atoms with E-state index in [-0.39, 0.29) is 4.90 Å². The van der Waals surface area contributed by atoms with Crippen LogP contribution in [-0.2, 0) is 22.3 Å². The molecule has 34 heavy (non-hydrogen) atoms. The molecule has 2 heterocycles. The van der Waals surface area contributed by atoms with Crippen molar-refractivity contribution in [3.8, 4) is 0 Å². The van der Waals surface area contributed by atoms with E-state index in [1.165, 1.54) is 16.4 Å². The van der Waals surface area contributed by atoms with Crippen molar-refractivity contribution in [3.05, 3.63) is 52.8 Å². The van der Waals surface area contributed by atoms with Crippen molar-refractivity contribution in [2.45, 2.75) is 48.0 Å². The Morgan fingerprint density at radius 1 is 0.941 bits per heavy atom. The van der Waals surface area contributed by atoms with Crippen LogP contribution in [0.1, 0.15) is 31.2 Å². The third-order valence-corrected chi connectivity index (χ3v) is 9.07. The number of thioether (sulfide) groups is 1. The van der Waals surface area contributed by atoms with Gasteiger partial charge in [0.25, 0.3) is 0 Å². The molecular weight excluding hydrogens is 497 g/mol. The van der Waals surface area contributed by atoms with Crippen molar-refractivity contribution in [2.75, 3.05) is 13.1 Å². The largest absolute Gasteiger partial charge is 0.319 e. The summed E-state index contributed by atoms with van der Waals surface area (Å²) >= 11 is 0.842. The summed E-state index contributed by atoms with van der Waals surface area (Å²) in [7, 11) is -3.67. The van der Waals surface area contributed by atoms with Gasteiger partial charge in [0.15, 0.2) is 28.4 Å². The molecule has 0 unspecified atom stereocenters. The summed E-state index contributed by atoms with van der Waals surface area (Å²) < 4.78 is 97.9. The Bertz CT molecular complexity index is 1350. The molecule has 1 saturated heterocycles. The molecule has 0 amide bonds. The number of aromatic nitrogens is 2. The molecule has 12 heteroatoms. The number of fused-ring (bicyclic) bond motifs is 1. The monoisotopic (exact) mass is 517 g/mol. The predicted molar refractivity (Wildman–Crippen MR) is 116 cm³/mol. The molecule has 0 spiro atoms. The summed E-state index contributed by atoms with van der Waals surface area (Å²) in [5, 5.41) is 0.321. The highest BCUT2D eigenvalue weighted by Gasteiger charge is 2.30. The fourth-order valence-corrected chi connectivity index (χ4v) is 6.64. The molecule has 0 atom stereocenters. The summed E-state index contributed by atoms with van der Waals surface area (Å²) in [4.78, 5) is 4.57. The molecule has 182 valence electrons. The summed E-state index contributed by atoms with van der Waals surface area (Å²) in [5.74, 6) is -10.1. The molecule has 2 aliphatic rings. The van der Waals surface area contributed by atoms with Gasteiger partial charge >= 0.3 is 0 Å². The number of benzene rings is 2. The fraction of sp³-hybridized carbons (Fsp3) is 0.409. The normalized spacial score (nSPS) is 17.2. The van der Waals surface area contributed by atoms with E-state index in [1.54, 1.807) is 6.07 Å². The first-order valence-corrected chi connectivity index (χ1v) is 13.2. The standard InChI is InChI=1S/C22H20F5N3O2S2/c23-17-14(18(24)20(26)21(27)19(17)25)11-33-22-28-15-9-13(34(31,32)29-7-1-2-8-29)5-6-16(15)30(22)10-12-3-4-12/h5-6,9,12H,1-4,7-8,10-11H2. The van der Waals surface area contributed by atoms with Crippen LogP contribution in [0.4, 0.5) is 22.0 Å². The third-order valence-electron chi connectivity index (χ3n) is 6.17. The van der Waals surface area contributed by atoms with Crippen molar-refractivity contribution < 1.29 is 30.4 Å². The molecule has 1 saturated carbocycles. The lowest BCUT2D eigenvalue weighted by Crippen LogP contribution is -2.27. The molecule has 0 radical (unpaired) electrons. The quantitative estimate of drug-likeness (QED) is 0.187. The van der Waals surface area contributed by atoms with Crippen molar-refractivity contribution in [1.29, 1.82) is 0 Å². The minimum atomic E-state index is -3.67. The first-order valence-electron chi connectivity index (χ1n) is 10.8. The van der Waals surface area contributed by atoms with Gasteiger partial charge in [0.05, 0.1) is 15.9 Å². The summed E-state index contributed by atoms with van der Waals surface area (Å²) in [6.07, 6.45) is 3.61. The van der Waals surface area contributed by atoms with E-state index < -0.39 is 50.4 Å². The maximum absolute atomic E-state index is 14.1. The van der Waals surface area contributed by atoms with Gasteiger partial charge in [0.1, 0.15) is 0 Å². The van der Waals surface area contributed by atoms with E-state index in [4.69, 9.17) is 0 Å². The lowest BCUT2D eigenvalue weighted by atomic mass is 10.2. The van der Waals surface area contributed by atoms with Crippen LogP contribution in [-0.4, -0.2) is 35.4 Å². The van der Waals surface area contributed by atoms with Gasteiger partial charge < -0.3 is 4.57 Å². The number of halogens is 5. The SMILES string of the molecule is O=S(=O)(c1ccc2c(c1)nc(SCc1c(F)c(F)c(F)c(F)c1F)n2CC1CC1)N1CCCC1. The van der Waals surface area contributed by atoms with E-state index in [0.29, 0.717) is 41.7 Å². The lowest BCUT2D eigenvalue weighted by molar-refractivity contribution is 0.372. The molecule has 1 aliphatic carbocycles. The van der Waals surface area contributed by atoms with Gasteiger partial charge in [-0.1, -0.05) is 11.8 Å². The number of rotatable bonds is 7. The topological polar surface area (TPSA) is 55.2 Å². The molecule has 3 aromatic rings. The van der Waals surface area contributed by atoms with Gasteiger partial charge in [0, 0.05) is 31.0 Å². The zero-order valence-electron chi connectivity index (χ0n) is 17.8. The smallest absolute Gasteiger partial charge is 0.243 e. The number of sulfonamides is 1. The number of hydrogen-bond donors (Lipinski definition) is 0. The molecule has 1 aliphatic heterocycles. The van der Waals surface area contributed by atoms with Gasteiger partial charge in [-0.2, -0.15) is 4.31 Å².